The standard InChI is InChI=1S/C31H29N3O/c1-20-27-13-12-26-29(24-10-8-22(9-11-24)23-15-18-32-19-16-23)33-21(2)34-30(26)31(27,17-14-28(20)35)25-6-4-3-5-7-25/h3-11,15-16,18-20,27H,12-14,17H2,1-2H3/t20-,27-,31+/m0/s1. The molecule has 3 atom stereocenters. The number of carbonyl (C=O) groups is 1. The lowest BCUT2D eigenvalue weighted by molar-refractivity contribution is -0.128. The van der Waals surface area contributed by atoms with Crippen LogP contribution in [0, 0.1) is 18.8 Å². The molecule has 0 spiro atoms. The first-order valence-corrected chi connectivity index (χ1v) is 12.5. The molecule has 1 fully saturated rings. The Hall–Kier alpha value is -3.66. The second-order valence-corrected chi connectivity index (χ2v) is 10.00. The van der Waals surface area contributed by atoms with Crippen LogP contribution in [-0.4, -0.2) is 20.7 Å². The van der Waals surface area contributed by atoms with Gasteiger partial charge in [0.15, 0.2) is 0 Å². The van der Waals surface area contributed by atoms with E-state index in [0.717, 1.165) is 53.2 Å². The van der Waals surface area contributed by atoms with Crippen molar-refractivity contribution in [3.63, 3.8) is 0 Å². The van der Waals surface area contributed by atoms with E-state index < -0.39 is 0 Å². The van der Waals surface area contributed by atoms with Gasteiger partial charge in [0, 0.05) is 41.3 Å². The summed E-state index contributed by atoms with van der Waals surface area (Å²) in [4.78, 5) is 27.0. The fourth-order valence-electron chi connectivity index (χ4n) is 6.51. The van der Waals surface area contributed by atoms with Crippen molar-refractivity contribution in [1.29, 1.82) is 0 Å². The van der Waals surface area contributed by atoms with Crippen LogP contribution in [0.3, 0.4) is 0 Å². The number of pyridine rings is 1. The van der Waals surface area contributed by atoms with Gasteiger partial charge in [0.1, 0.15) is 11.6 Å². The maximum Gasteiger partial charge on any atom is 0.136 e. The lowest BCUT2D eigenvalue weighted by Gasteiger charge is -2.50. The van der Waals surface area contributed by atoms with Crippen LogP contribution in [0.4, 0.5) is 0 Å². The van der Waals surface area contributed by atoms with Gasteiger partial charge in [-0.15, -0.1) is 0 Å². The summed E-state index contributed by atoms with van der Waals surface area (Å²) in [5, 5.41) is 0. The van der Waals surface area contributed by atoms with E-state index in [0.29, 0.717) is 12.2 Å². The fraction of sp³-hybridized carbons (Fsp3) is 0.290. The largest absolute Gasteiger partial charge is 0.299 e. The van der Waals surface area contributed by atoms with Crippen molar-refractivity contribution in [3.05, 3.63) is 102 Å². The van der Waals surface area contributed by atoms with Crippen LogP contribution in [-0.2, 0) is 16.6 Å². The molecule has 174 valence electrons. The molecular weight excluding hydrogens is 430 g/mol. The maximum atomic E-state index is 12.8. The van der Waals surface area contributed by atoms with Gasteiger partial charge in [0.25, 0.3) is 0 Å². The molecule has 0 amide bonds. The Morgan fingerprint density at radius 2 is 1.51 bits per heavy atom. The first kappa shape index (κ1) is 21.8. The summed E-state index contributed by atoms with van der Waals surface area (Å²) in [5.74, 6) is 1.48. The number of fused-ring (bicyclic) bond motifs is 3. The van der Waals surface area contributed by atoms with Crippen LogP contribution >= 0.6 is 0 Å². The van der Waals surface area contributed by atoms with Crippen LogP contribution in [0.2, 0.25) is 0 Å². The lowest BCUT2D eigenvalue weighted by Crippen LogP contribution is -2.50. The normalized spacial score (nSPS) is 23.4. The van der Waals surface area contributed by atoms with Crippen molar-refractivity contribution in [3.8, 4) is 22.4 Å². The average molecular weight is 460 g/mol. The van der Waals surface area contributed by atoms with Gasteiger partial charge < -0.3 is 0 Å². The number of benzene rings is 2. The highest BCUT2D eigenvalue weighted by Gasteiger charge is 2.53. The van der Waals surface area contributed by atoms with E-state index in [1.54, 1.807) is 0 Å². The Morgan fingerprint density at radius 1 is 0.829 bits per heavy atom. The van der Waals surface area contributed by atoms with Crippen molar-refractivity contribution in [1.82, 2.24) is 15.0 Å². The van der Waals surface area contributed by atoms with Gasteiger partial charge in [-0.05, 0) is 60.9 Å². The van der Waals surface area contributed by atoms with Crippen LogP contribution in [0.15, 0.2) is 79.1 Å². The maximum absolute atomic E-state index is 12.8. The van der Waals surface area contributed by atoms with E-state index in [-0.39, 0.29) is 17.3 Å². The van der Waals surface area contributed by atoms with Gasteiger partial charge in [-0.3, -0.25) is 9.78 Å². The molecule has 6 rings (SSSR count). The molecule has 0 N–H and O–H groups in total. The number of ketones is 1. The molecule has 35 heavy (non-hydrogen) atoms. The van der Waals surface area contributed by atoms with Crippen LogP contribution in [0.1, 0.15) is 48.8 Å². The predicted molar refractivity (Wildman–Crippen MR) is 138 cm³/mol. The quantitative estimate of drug-likeness (QED) is 0.358. The lowest BCUT2D eigenvalue weighted by atomic mass is 9.52. The fourth-order valence-corrected chi connectivity index (χ4v) is 6.51. The third-order valence-electron chi connectivity index (χ3n) is 8.22. The summed E-state index contributed by atoms with van der Waals surface area (Å²) in [6.45, 7) is 4.12. The van der Waals surface area contributed by atoms with Gasteiger partial charge >= 0.3 is 0 Å². The number of rotatable bonds is 3. The molecule has 4 aromatic rings. The van der Waals surface area contributed by atoms with Gasteiger partial charge in [-0.2, -0.15) is 0 Å². The van der Waals surface area contributed by atoms with E-state index in [1.807, 2.05) is 31.5 Å². The first-order chi connectivity index (χ1) is 17.1. The number of aryl methyl sites for hydroxylation is 1. The Bertz CT molecular complexity index is 1380. The zero-order valence-corrected chi connectivity index (χ0v) is 20.2. The summed E-state index contributed by atoms with van der Waals surface area (Å²) < 4.78 is 0. The van der Waals surface area contributed by atoms with Crippen molar-refractivity contribution >= 4 is 5.78 Å². The molecule has 4 heteroatoms. The van der Waals surface area contributed by atoms with Crippen molar-refractivity contribution in [2.24, 2.45) is 11.8 Å². The topological polar surface area (TPSA) is 55.7 Å². The second kappa shape index (κ2) is 8.53. The van der Waals surface area contributed by atoms with Crippen molar-refractivity contribution in [2.45, 2.75) is 44.9 Å². The van der Waals surface area contributed by atoms with Crippen molar-refractivity contribution < 1.29 is 4.79 Å². The van der Waals surface area contributed by atoms with Crippen LogP contribution in [0.25, 0.3) is 22.4 Å². The summed E-state index contributed by atoms with van der Waals surface area (Å²) in [6, 6.07) is 23.5. The Labute approximate surface area is 206 Å². The third-order valence-corrected chi connectivity index (χ3v) is 8.22. The van der Waals surface area contributed by atoms with Gasteiger partial charge in [-0.1, -0.05) is 61.5 Å². The highest BCUT2D eigenvalue weighted by molar-refractivity contribution is 5.83. The zero-order valence-electron chi connectivity index (χ0n) is 20.2. The smallest absolute Gasteiger partial charge is 0.136 e. The minimum atomic E-state index is -0.248. The van der Waals surface area contributed by atoms with Crippen molar-refractivity contribution in [2.75, 3.05) is 0 Å². The monoisotopic (exact) mass is 459 g/mol. The Kier molecular flexibility index (Phi) is 5.32. The molecule has 2 heterocycles. The van der Waals surface area contributed by atoms with Gasteiger partial charge in [0.2, 0.25) is 0 Å². The molecule has 0 aliphatic heterocycles. The summed E-state index contributed by atoms with van der Waals surface area (Å²) in [5.41, 5.74) is 7.88. The highest BCUT2D eigenvalue weighted by Crippen LogP contribution is 2.55. The molecule has 4 nitrogen and oxygen atoms in total. The SMILES string of the molecule is Cc1nc(-c2ccc(-c3ccncc3)cc2)c2c(n1)[C@@]1(c3ccccc3)CCC(=O)[C@@H](C)[C@@H]1CC2. The van der Waals surface area contributed by atoms with Gasteiger partial charge in [-0.25, -0.2) is 9.97 Å². The average Bonchev–Trinajstić information content (AvgIpc) is 2.91. The first-order valence-electron chi connectivity index (χ1n) is 12.5. The number of carbonyl (C=O) groups excluding carboxylic acids is 1. The Morgan fingerprint density at radius 3 is 2.26 bits per heavy atom. The van der Waals surface area contributed by atoms with E-state index in [1.165, 1.54) is 11.1 Å². The minimum absolute atomic E-state index is 0.0375. The molecule has 2 aromatic heterocycles. The molecular formula is C31H29N3O. The van der Waals surface area contributed by atoms with E-state index >= 15 is 0 Å². The predicted octanol–water partition coefficient (Wildman–Crippen LogP) is 6.36. The Balaban J connectivity index is 1.52. The molecule has 2 aromatic carbocycles. The number of hydrogen-bond acceptors (Lipinski definition) is 4. The number of nitrogens with zero attached hydrogens (tertiary/aromatic N) is 3. The second-order valence-electron chi connectivity index (χ2n) is 10.00. The molecule has 0 radical (unpaired) electrons. The summed E-state index contributed by atoms with van der Waals surface area (Å²) in [6.07, 6.45) is 6.93. The molecule has 0 unspecified atom stereocenters. The summed E-state index contributed by atoms with van der Waals surface area (Å²) in [7, 11) is 0. The van der Waals surface area contributed by atoms with Gasteiger partial charge in [0.05, 0.1) is 11.4 Å². The molecule has 0 bridgehead atoms. The highest BCUT2D eigenvalue weighted by atomic mass is 16.1. The van der Waals surface area contributed by atoms with Crippen LogP contribution in [0.5, 0.6) is 0 Å². The number of hydrogen-bond donors (Lipinski definition) is 0. The van der Waals surface area contributed by atoms with E-state index in [9.17, 15) is 4.79 Å². The van der Waals surface area contributed by atoms with Crippen LogP contribution < -0.4 is 0 Å². The number of Topliss-reactive ketones (excluding diaryl/α,β-unsaturated/α-hetero) is 1. The van der Waals surface area contributed by atoms with E-state index in [4.69, 9.17) is 9.97 Å². The molecule has 2 aliphatic rings. The molecule has 1 saturated carbocycles. The third kappa shape index (κ3) is 3.51. The van der Waals surface area contributed by atoms with E-state index in [2.05, 4.69) is 66.5 Å². The zero-order chi connectivity index (χ0) is 24.0. The summed E-state index contributed by atoms with van der Waals surface area (Å²) >= 11 is 0. The minimum Gasteiger partial charge on any atom is -0.299 e. The molecule has 0 saturated heterocycles. The molecule has 2 aliphatic carbocycles. The number of aromatic nitrogens is 3.